The first kappa shape index (κ1) is 12.4. The maximum atomic E-state index is 11.5. The van der Waals surface area contributed by atoms with Gasteiger partial charge in [-0.3, -0.25) is 14.8 Å². The molecule has 1 amide bonds. The number of hydrazine groups is 1. The largest absolute Gasteiger partial charge is 0.347 e. The van der Waals surface area contributed by atoms with Crippen LogP contribution in [0.25, 0.3) is 0 Å². The van der Waals surface area contributed by atoms with Gasteiger partial charge in [0.25, 0.3) is 0 Å². The van der Waals surface area contributed by atoms with Crippen LogP contribution in [0.2, 0.25) is 0 Å². The molecule has 0 bridgehead atoms. The van der Waals surface area contributed by atoms with Gasteiger partial charge in [0.2, 0.25) is 5.91 Å². The van der Waals surface area contributed by atoms with Crippen molar-refractivity contribution in [3.05, 3.63) is 28.4 Å². The van der Waals surface area contributed by atoms with Gasteiger partial charge < -0.3 is 0 Å². The van der Waals surface area contributed by atoms with Crippen molar-refractivity contribution in [2.75, 3.05) is 0 Å². The normalized spacial score (nSPS) is 11.2. The number of hydrogen-bond acceptors (Lipinski definition) is 4. The highest BCUT2D eigenvalue weighted by Gasteiger charge is 2.27. The molecule has 1 rings (SSSR count). The van der Waals surface area contributed by atoms with Crippen LogP contribution in [-0.2, 0) is 11.3 Å². The summed E-state index contributed by atoms with van der Waals surface area (Å²) in [6.45, 7) is 5.50. The molecule has 88 valence electrons. The Morgan fingerprint density at radius 3 is 2.81 bits per heavy atom. The molecule has 0 spiro atoms. The Balaban J connectivity index is 3.00. The molecule has 0 aliphatic carbocycles. The van der Waals surface area contributed by atoms with Gasteiger partial charge in [-0.05, 0) is 26.3 Å². The Kier molecular flexibility index (Phi) is 3.44. The molecule has 0 atom stereocenters. The summed E-state index contributed by atoms with van der Waals surface area (Å²) in [7, 11) is 0. The van der Waals surface area contributed by atoms with E-state index in [4.69, 9.17) is 5.84 Å². The quantitative estimate of drug-likeness (QED) is 0.414. The molecule has 16 heavy (non-hydrogen) atoms. The zero-order chi connectivity index (χ0) is 12.3. The predicted molar refractivity (Wildman–Crippen MR) is 59.3 cm³/mol. The van der Waals surface area contributed by atoms with Crippen LogP contribution in [0, 0.1) is 12.3 Å². The number of carbonyl (C=O) groups excluding carboxylic acids is 1. The van der Waals surface area contributed by atoms with Crippen LogP contribution in [0.3, 0.4) is 0 Å². The summed E-state index contributed by atoms with van der Waals surface area (Å²) >= 11 is 0. The van der Waals surface area contributed by atoms with E-state index >= 15 is 0 Å². The molecule has 0 saturated carbocycles. The lowest BCUT2D eigenvalue weighted by Crippen LogP contribution is -2.44. The fourth-order valence-electron chi connectivity index (χ4n) is 1.37. The lowest BCUT2D eigenvalue weighted by atomic mass is 9.92. The molecular weight excluding hydrogens is 208 g/mol. The number of aryl methyl sites for hydroxylation is 1. The van der Waals surface area contributed by atoms with Crippen LogP contribution in [0.4, 0.5) is 0 Å². The number of rotatable bonds is 3. The maximum absolute atomic E-state index is 11.5. The number of carbonyl (C=O) groups is 1. The smallest absolute Gasteiger partial charge is 0.298 e. The number of hydrogen-bond donors (Lipinski definition) is 2. The van der Waals surface area contributed by atoms with E-state index in [2.05, 4.69) is 10.4 Å². The average molecular weight is 224 g/mol. The van der Waals surface area contributed by atoms with Crippen molar-refractivity contribution in [2.24, 2.45) is 11.3 Å². The van der Waals surface area contributed by atoms with E-state index in [1.54, 1.807) is 20.0 Å². The SMILES string of the molecule is Cc1cnc(=O)n(CC(C)(C)C(=O)NN)c1. The van der Waals surface area contributed by atoms with Crippen molar-refractivity contribution in [1.29, 1.82) is 0 Å². The summed E-state index contributed by atoms with van der Waals surface area (Å²) in [6, 6.07) is 0. The first-order valence-corrected chi connectivity index (χ1v) is 4.91. The van der Waals surface area contributed by atoms with Crippen molar-refractivity contribution in [3.63, 3.8) is 0 Å². The third-order valence-corrected chi connectivity index (χ3v) is 2.30. The van der Waals surface area contributed by atoms with Crippen molar-refractivity contribution in [1.82, 2.24) is 15.0 Å². The lowest BCUT2D eigenvalue weighted by Gasteiger charge is -2.22. The number of nitrogens with two attached hydrogens (primary N) is 1. The highest BCUT2D eigenvalue weighted by molar-refractivity contribution is 5.81. The van der Waals surface area contributed by atoms with Crippen molar-refractivity contribution < 1.29 is 4.79 Å². The Morgan fingerprint density at radius 2 is 2.25 bits per heavy atom. The first-order valence-electron chi connectivity index (χ1n) is 4.91. The van der Waals surface area contributed by atoms with Gasteiger partial charge in [-0.15, -0.1) is 0 Å². The molecule has 0 aliphatic rings. The van der Waals surface area contributed by atoms with Gasteiger partial charge in [-0.2, -0.15) is 0 Å². The van der Waals surface area contributed by atoms with Gasteiger partial charge in [0, 0.05) is 18.9 Å². The van der Waals surface area contributed by atoms with E-state index in [-0.39, 0.29) is 18.1 Å². The molecule has 0 unspecified atom stereocenters. The Morgan fingerprint density at radius 1 is 1.62 bits per heavy atom. The van der Waals surface area contributed by atoms with Gasteiger partial charge in [0.05, 0.1) is 5.41 Å². The number of nitrogens with zero attached hydrogens (tertiary/aromatic N) is 2. The summed E-state index contributed by atoms with van der Waals surface area (Å²) in [6.07, 6.45) is 3.16. The third kappa shape index (κ3) is 2.66. The summed E-state index contributed by atoms with van der Waals surface area (Å²) in [5, 5.41) is 0. The number of nitrogens with one attached hydrogen (secondary N) is 1. The highest BCUT2D eigenvalue weighted by atomic mass is 16.2. The minimum atomic E-state index is -0.756. The Labute approximate surface area is 93.5 Å². The minimum absolute atomic E-state index is 0.240. The summed E-state index contributed by atoms with van der Waals surface area (Å²) in [5.41, 5.74) is 1.82. The second kappa shape index (κ2) is 4.44. The monoisotopic (exact) mass is 224 g/mol. The molecule has 6 heteroatoms. The Bertz CT molecular complexity index is 450. The average Bonchev–Trinajstić information content (AvgIpc) is 2.22. The lowest BCUT2D eigenvalue weighted by molar-refractivity contribution is -0.130. The summed E-state index contributed by atoms with van der Waals surface area (Å²) in [4.78, 5) is 26.6. The molecule has 1 aromatic rings. The molecule has 0 aromatic carbocycles. The van der Waals surface area contributed by atoms with E-state index in [1.807, 2.05) is 6.92 Å². The van der Waals surface area contributed by atoms with E-state index < -0.39 is 5.41 Å². The minimum Gasteiger partial charge on any atom is -0.298 e. The fraction of sp³-hybridized carbons (Fsp3) is 0.500. The van der Waals surface area contributed by atoms with Gasteiger partial charge in [0.15, 0.2) is 0 Å². The van der Waals surface area contributed by atoms with E-state index in [1.165, 1.54) is 10.8 Å². The van der Waals surface area contributed by atoms with Crippen LogP contribution in [0.5, 0.6) is 0 Å². The van der Waals surface area contributed by atoms with Crippen LogP contribution in [-0.4, -0.2) is 15.5 Å². The van der Waals surface area contributed by atoms with E-state index in [0.717, 1.165) is 5.56 Å². The topological polar surface area (TPSA) is 90.0 Å². The Hall–Kier alpha value is -1.69. The highest BCUT2D eigenvalue weighted by Crippen LogP contribution is 2.16. The van der Waals surface area contributed by atoms with Crippen LogP contribution < -0.4 is 17.0 Å². The summed E-state index contributed by atoms with van der Waals surface area (Å²) < 4.78 is 1.41. The zero-order valence-electron chi connectivity index (χ0n) is 9.65. The zero-order valence-corrected chi connectivity index (χ0v) is 9.65. The standard InChI is InChI=1S/C10H16N4O2/c1-7-4-12-9(16)14(5-7)6-10(2,3)8(15)13-11/h4-5H,6,11H2,1-3H3,(H,13,15). The van der Waals surface area contributed by atoms with Crippen molar-refractivity contribution in [2.45, 2.75) is 27.3 Å². The van der Waals surface area contributed by atoms with Crippen molar-refractivity contribution >= 4 is 5.91 Å². The number of aromatic nitrogens is 2. The first-order chi connectivity index (χ1) is 7.36. The van der Waals surface area contributed by atoms with E-state index in [0.29, 0.717) is 0 Å². The molecule has 6 nitrogen and oxygen atoms in total. The molecule has 0 aliphatic heterocycles. The van der Waals surface area contributed by atoms with Crippen molar-refractivity contribution in [3.8, 4) is 0 Å². The second-order valence-electron chi connectivity index (χ2n) is 4.40. The molecule has 0 radical (unpaired) electrons. The fourth-order valence-corrected chi connectivity index (χ4v) is 1.37. The molecule has 1 aromatic heterocycles. The molecule has 0 fully saturated rings. The maximum Gasteiger partial charge on any atom is 0.347 e. The van der Waals surface area contributed by atoms with Gasteiger partial charge in [-0.1, -0.05) is 0 Å². The third-order valence-electron chi connectivity index (χ3n) is 2.30. The molecule has 0 saturated heterocycles. The van der Waals surface area contributed by atoms with Crippen LogP contribution >= 0.6 is 0 Å². The van der Waals surface area contributed by atoms with Gasteiger partial charge in [-0.25, -0.2) is 15.6 Å². The molecule has 1 heterocycles. The van der Waals surface area contributed by atoms with Gasteiger partial charge >= 0.3 is 5.69 Å². The molecular formula is C10H16N4O2. The predicted octanol–water partition coefficient (Wildman–Crippen LogP) is -0.432. The van der Waals surface area contributed by atoms with Gasteiger partial charge in [0.1, 0.15) is 0 Å². The second-order valence-corrected chi connectivity index (χ2v) is 4.40. The van der Waals surface area contributed by atoms with E-state index in [9.17, 15) is 9.59 Å². The number of amides is 1. The molecule has 3 N–H and O–H groups in total. The van der Waals surface area contributed by atoms with Crippen LogP contribution in [0.15, 0.2) is 17.2 Å². The van der Waals surface area contributed by atoms with Crippen LogP contribution in [0.1, 0.15) is 19.4 Å². The summed E-state index contributed by atoms with van der Waals surface area (Å²) in [5.74, 6) is 4.76.